The highest BCUT2D eigenvalue weighted by atomic mass is 16.6. The molecule has 1 aliphatic carbocycles. The molecule has 10 nitrogen and oxygen atoms in total. The molecule has 3 aromatic carbocycles. The number of nitro groups is 2. The molecule has 0 bridgehead atoms. The molecule has 0 radical (unpaired) electrons. The van der Waals surface area contributed by atoms with Gasteiger partial charge >= 0.3 is 11.9 Å². The van der Waals surface area contributed by atoms with E-state index in [9.17, 15) is 29.8 Å². The van der Waals surface area contributed by atoms with Gasteiger partial charge in [0.15, 0.2) is 0 Å². The minimum Gasteiger partial charge on any atom is -0.423 e. The molecule has 3 aromatic rings. The molecule has 184 valence electrons. The Hall–Kier alpha value is -4.60. The molecule has 0 unspecified atom stereocenters. The van der Waals surface area contributed by atoms with E-state index in [4.69, 9.17) is 9.47 Å². The van der Waals surface area contributed by atoms with Crippen molar-refractivity contribution in [2.75, 3.05) is 0 Å². The third-order valence-corrected chi connectivity index (χ3v) is 6.02. The molecule has 0 amide bonds. The lowest BCUT2D eigenvalue weighted by molar-refractivity contribution is -0.385. The molecular weight excluding hydrogens is 468 g/mol. The molecule has 0 N–H and O–H groups in total. The molecule has 1 saturated carbocycles. The zero-order valence-electron chi connectivity index (χ0n) is 19.1. The average Bonchev–Trinajstić information content (AvgIpc) is 2.90. The van der Waals surface area contributed by atoms with E-state index in [1.54, 1.807) is 6.07 Å². The van der Waals surface area contributed by atoms with Gasteiger partial charge in [0, 0.05) is 29.8 Å². The average molecular weight is 490 g/mol. The van der Waals surface area contributed by atoms with Crippen molar-refractivity contribution >= 4 is 23.3 Å². The first-order chi connectivity index (χ1) is 17.3. The van der Waals surface area contributed by atoms with E-state index in [0.29, 0.717) is 5.56 Å². The molecule has 36 heavy (non-hydrogen) atoms. The molecule has 0 atom stereocenters. The van der Waals surface area contributed by atoms with Crippen LogP contribution in [0.2, 0.25) is 0 Å². The minimum atomic E-state index is -0.755. The van der Waals surface area contributed by atoms with Crippen LogP contribution in [0, 0.1) is 20.2 Å². The van der Waals surface area contributed by atoms with Crippen LogP contribution in [0.25, 0.3) is 0 Å². The van der Waals surface area contributed by atoms with Gasteiger partial charge in [-0.15, -0.1) is 0 Å². The summed E-state index contributed by atoms with van der Waals surface area (Å²) in [6, 6.07) is 15.2. The quantitative estimate of drug-likeness (QED) is 0.170. The SMILES string of the molecule is O=C(Oc1ccc(OC(=O)c2cccc([N+](=O)[O-])c2)c(C2CCCCC2)c1)c1cccc([N+](=O)[O-])c1. The van der Waals surface area contributed by atoms with Gasteiger partial charge in [-0.3, -0.25) is 20.2 Å². The van der Waals surface area contributed by atoms with Gasteiger partial charge in [-0.1, -0.05) is 31.4 Å². The molecule has 1 aliphatic rings. The summed E-state index contributed by atoms with van der Waals surface area (Å²) in [5.41, 5.74) is 0.318. The van der Waals surface area contributed by atoms with Crippen molar-refractivity contribution in [2.24, 2.45) is 0 Å². The van der Waals surface area contributed by atoms with E-state index in [2.05, 4.69) is 0 Å². The van der Waals surface area contributed by atoms with Gasteiger partial charge in [0.25, 0.3) is 11.4 Å². The van der Waals surface area contributed by atoms with Crippen LogP contribution in [0.15, 0.2) is 66.7 Å². The molecule has 0 aliphatic heterocycles. The number of ether oxygens (including phenoxy) is 2. The van der Waals surface area contributed by atoms with E-state index < -0.39 is 21.8 Å². The van der Waals surface area contributed by atoms with Crippen LogP contribution in [-0.4, -0.2) is 21.8 Å². The Bertz CT molecular complexity index is 1330. The van der Waals surface area contributed by atoms with Crippen molar-refractivity contribution in [1.29, 1.82) is 0 Å². The maximum atomic E-state index is 12.8. The van der Waals surface area contributed by atoms with Gasteiger partial charge in [0.1, 0.15) is 11.5 Å². The maximum Gasteiger partial charge on any atom is 0.343 e. The fourth-order valence-electron chi connectivity index (χ4n) is 4.23. The van der Waals surface area contributed by atoms with E-state index in [0.717, 1.165) is 44.2 Å². The Morgan fingerprint density at radius 3 is 1.83 bits per heavy atom. The number of hydrogen-bond acceptors (Lipinski definition) is 8. The number of nitrogens with zero attached hydrogens (tertiary/aromatic N) is 2. The maximum absolute atomic E-state index is 12.8. The highest BCUT2D eigenvalue weighted by molar-refractivity contribution is 5.92. The molecule has 1 fully saturated rings. The smallest absolute Gasteiger partial charge is 0.343 e. The zero-order valence-corrected chi connectivity index (χ0v) is 19.1. The Labute approximate surface area is 205 Å². The first kappa shape index (κ1) is 24.5. The topological polar surface area (TPSA) is 139 Å². The summed E-state index contributed by atoms with van der Waals surface area (Å²) in [6.07, 6.45) is 4.83. The van der Waals surface area contributed by atoms with Gasteiger partial charge in [-0.05, 0) is 49.1 Å². The Kier molecular flexibility index (Phi) is 7.33. The first-order valence-corrected chi connectivity index (χ1v) is 11.4. The molecule has 0 saturated heterocycles. The van der Waals surface area contributed by atoms with Crippen LogP contribution >= 0.6 is 0 Å². The number of rotatable bonds is 7. The Morgan fingerprint density at radius 2 is 1.28 bits per heavy atom. The van der Waals surface area contributed by atoms with E-state index in [-0.39, 0.29) is 39.9 Å². The minimum absolute atomic E-state index is 0.0320. The van der Waals surface area contributed by atoms with Crippen LogP contribution in [0.5, 0.6) is 11.5 Å². The molecule has 0 heterocycles. The summed E-state index contributed by atoms with van der Waals surface area (Å²) in [5.74, 6) is -0.925. The number of hydrogen-bond donors (Lipinski definition) is 0. The van der Waals surface area contributed by atoms with Crippen LogP contribution in [0.3, 0.4) is 0 Å². The van der Waals surface area contributed by atoms with Crippen molar-refractivity contribution < 1.29 is 28.9 Å². The molecule has 0 aromatic heterocycles. The van der Waals surface area contributed by atoms with Crippen molar-refractivity contribution in [3.63, 3.8) is 0 Å². The van der Waals surface area contributed by atoms with Crippen LogP contribution < -0.4 is 9.47 Å². The van der Waals surface area contributed by atoms with Crippen LogP contribution in [0.1, 0.15) is 64.3 Å². The lowest BCUT2D eigenvalue weighted by atomic mass is 9.83. The number of nitro benzene ring substituents is 2. The highest BCUT2D eigenvalue weighted by Crippen LogP contribution is 2.39. The van der Waals surface area contributed by atoms with Crippen molar-refractivity contribution in [3.8, 4) is 11.5 Å². The second-order valence-electron chi connectivity index (χ2n) is 8.43. The summed E-state index contributed by atoms with van der Waals surface area (Å²) >= 11 is 0. The monoisotopic (exact) mass is 490 g/mol. The van der Waals surface area contributed by atoms with Gasteiger partial charge in [0.2, 0.25) is 0 Å². The van der Waals surface area contributed by atoms with Crippen molar-refractivity contribution in [1.82, 2.24) is 0 Å². The number of non-ortho nitro benzene ring substituents is 2. The third kappa shape index (κ3) is 5.72. The summed E-state index contributed by atoms with van der Waals surface area (Å²) in [7, 11) is 0. The molecule has 4 rings (SSSR count). The lowest BCUT2D eigenvalue weighted by Gasteiger charge is -2.24. The summed E-state index contributed by atoms with van der Waals surface area (Å²) in [6.45, 7) is 0. The van der Waals surface area contributed by atoms with Crippen molar-refractivity contribution in [3.05, 3.63) is 104 Å². The summed E-state index contributed by atoms with van der Waals surface area (Å²) in [4.78, 5) is 46.3. The Morgan fingerprint density at radius 1 is 0.722 bits per heavy atom. The third-order valence-electron chi connectivity index (χ3n) is 6.02. The summed E-state index contributed by atoms with van der Waals surface area (Å²) in [5, 5.41) is 22.1. The van der Waals surface area contributed by atoms with E-state index in [1.165, 1.54) is 48.5 Å². The number of esters is 2. The second kappa shape index (κ2) is 10.8. The standard InChI is InChI=1S/C26H22N2O8/c29-25(18-8-4-10-20(14-18)27(31)32)35-22-12-13-24(23(16-22)17-6-2-1-3-7-17)36-26(30)19-9-5-11-21(15-19)28(33)34/h4-5,8-17H,1-3,6-7H2. The predicted molar refractivity (Wildman–Crippen MR) is 128 cm³/mol. The predicted octanol–water partition coefficient (Wildman–Crippen LogP) is 5.99. The van der Waals surface area contributed by atoms with E-state index >= 15 is 0 Å². The number of benzene rings is 3. The number of carbonyl (C=O) groups excluding carboxylic acids is 2. The van der Waals surface area contributed by atoms with Gasteiger partial charge in [-0.2, -0.15) is 0 Å². The largest absolute Gasteiger partial charge is 0.423 e. The Balaban J connectivity index is 1.60. The normalized spacial score (nSPS) is 13.6. The lowest BCUT2D eigenvalue weighted by Crippen LogP contribution is -2.14. The number of carbonyl (C=O) groups is 2. The van der Waals surface area contributed by atoms with Gasteiger partial charge in [-0.25, -0.2) is 9.59 Å². The van der Waals surface area contributed by atoms with Crippen LogP contribution in [0.4, 0.5) is 11.4 Å². The van der Waals surface area contributed by atoms with Crippen LogP contribution in [-0.2, 0) is 0 Å². The molecule has 0 spiro atoms. The molecular formula is C26H22N2O8. The second-order valence-corrected chi connectivity index (χ2v) is 8.43. The highest BCUT2D eigenvalue weighted by Gasteiger charge is 2.23. The summed E-state index contributed by atoms with van der Waals surface area (Å²) < 4.78 is 11.1. The van der Waals surface area contributed by atoms with Crippen molar-refractivity contribution in [2.45, 2.75) is 38.0 Å². The van der Waals surface area contributed by atoms with Gasteiger partial charge < -0.3 is 9.47 Å². The first-order valence-electron chi connectivity index (χ1n) is 11.4. The molecule has 10 heteroatoms. The fraction of sp³-hybridized carbons (Fsp3) is 0.231. The van der Waals surface area contributed by atoms with Gasteiger partial charge in [0.05, 0.1) is 21.0 Å². The zero-order chi connectivity index (χ0) is 25.7. The fourth-order valence-corrected chi connectivity index (χ4v) is 4.23. The van der Waals surface area contributed by atoms with E-state index in [1.807, 2.05) is 0 Å².